The summed E-state index contributed by atoms with van der Waals surface area (Å²) in [5, 5.41) is 0.312. The molecule has 4 nitrogen and oxygen atoms in total. The van der Waals surface area contributed by atoms with Crippen LogP contribution in [0.3, 0.4) is 0 Å². The Morgan fingerprint density at radius 3 is 2.75 bits per heavy atom. The van der Waals surface area contributed by atoms with E-state index in [-0.39, 0.29) is 0 Å². The van der Waals surface area contributed by atoms with E-state index in [0.717, 1.165) is 0 Å². The van der Waals surface area contributed by atoms with Gasteiger partial charge in [-0.15, -0.1) is 0 Å². The molecular formula is C7H4O4P+. The highest BCUT2D eigenvalue weighted by Gasteiger charge is 2.11. The largest absolute Gasteiger partial charge is 0.808 e. The summed E-state index contributed by atoms with van der Waals surface area (Å²) < 4.78 is 19.8. The maximum Gasteiger partial charge on any atom is 0.808 e. The quantitative estimate of drug-likeness (QED) is 0.627. The third-order valence-electron chi connectivity index (χ3n) is 1.44. The Balaban J connectivity index is 3.09. The van der Waals surface area contributed by atoms with Crippen molar-refractivity contribution < 1.29 is 13.0 Å². The number of benzene rings is 1. The monoisotopic (exact) mass is 183 g/mol. The molecular weight excluding hydrogens is 179 g/mol. The predicted molar refractivity (Wildman–Crippen MR) is 42.4 cm³/mol. The van der Waals surface area contributed by atoms with Crippen LogP contribution in [0.25, 0.3) is 11.0 Å². The summed E-state index contributed by atoms with van der Waals surface area (Å²) in [6.45, 7) is 0. The van der Waals surface area contributed by atoms with Crippen molar-refractivity contribution in [1.29, 1.82) is 0 Å². The van der Waals surface area contributed by atoms with Crippen molar-refractivity contribution >= 4 is 18.9 Å². The molecule has 0 saturated heterocycles. The molecule has 0 fully saturated rings. The van der Waals surface area contributed by atoms with Crippen molar-refractivity contribution in [3.8, 4) is 0 Å². The van der Waals surface area contributed by atoms with Crippen LogP contribution in [-0.2, 0) is 4.57 Å². The molecule has 1 unspecified atom stereocenters. The summed E-state index contributed by atoms with van der Waals surface area (Å²) in [6, 6.07) is 6.51. The summed E-state index contributed by atoms with van der Waals surface area (Å²) in [4.78, 5) is 11.0. The number of rotatable bonds is 0. The van der Waals surface area contributed by atoms with Crippen LogP contribution < -0.4 is 5.63 Å². The molecule has 0 aliphatic heterocycles. The molecule has 12 heavy (non-hydrogen) atoms. The summed E-state index contributed by atoms with van der Waals surface area (Å²) in [6.07, 6.45) is 0. The van der Waals surface area contributed by atoms with Crippen LogP contribution in [-0.4, -0.2) is 0 Å². The van der Waals surface area contributed by atoms with Crippen LogP contribution in [0.2, 0.25) is 0 Å². The van der Waals surface area contributed by atoms with Gasteiger partial charge >= 0.3 is 13.5 Å². The van der Waals surface area contributed by atoms with Gasteiger partial charge in [0.15, 0.2) is 0 Å². The van der Waals surface area contributed by atoms with E-state index in [4.69, 9.17) is 4.20 Å². The van der Waals surface area contributed by atoms with E-state index in [1.165, 1.54) is 0 Å². The van der Waals surface area contributed by atoms with Gasteiger partial charge in [0, 0.05) is 4.57 Å². The zero-order valence-corrected chi connectivity index (χ0v) is 6.78. The molecule has 0 amide bonds. The molecule has 0 radical (unpaired) electrons. The van der Waals surface area contributed by atoms with Crippen molar-refractivity contribution in [3.05, 3.63) is 34.7 Å². The minimum absolute atomic E-state index is 0.312. The van der Waals surface area contributed by atoms with Gasteiger partial charge in [0.1, 0.15) is 5.39 Å². The van der Waals surface area contributed by atoms with Gasteiger partial charge in [-0.1, -0.05) is 12.1 Å². The van der Waals surface area contributed by atoms with Gasteiger partial charge in [0.2, 0.25) is 5.58 Å². The second-order valence-electron chi connectivity index (χ2n) is 2.19. The van der Waals surface area contributed by atoms with Crippen molar-refractivity contribution in [2.45, 2.75) is 0 Å². The SMILES string of the molecule is O=c1o[p+](=O)oc2ccccc12. The van der Waals surface area contributed by atoms with Crippen LogP contribution in [0.4, 0.5) is 0 Å². The maximum atomic E-state index is 11.0. The summed E-state index contributed by atoms with van der Waals surface area (Å²) in [5.74, 6) is 0. The van der Waals surface area contributed by atoms with E-state index in [2.05, 4.69) is 4.20 Å². The van der Waals surface area contributed by atoms with Crippen molar-refractivity contribution in [2.24, 2.45) is 0 Å². The molecule has 60 valence electrons. The average Bonchev–Trinajstić information content (AvgIpc) is 2.04. The average molecular weight is 183 g/mol. The van der Waals surface area contributed by atoms with E-state index >= 15 is 0 Å². The Morgan fingerprint density at radius 1 is 1.17 bits per heavy atom. The third kappa shape index (κ3) is 1.06. The van der Waals surface area contributed by atoms with Gasteiger partial charge in [-0.3, -0.25) is 0 Å². The number of hydrogen-bond donors (Lipinski definition) is 0. The van der Waals surface area contributed by atoms with Gasteiger partial charge in [-0.25, -0.2) is 8.99 Å². The zero-order chi connectivity index (χ0) is 8.55. The molecule has 1 aromatic heterocycles. The van der Waals surface area contributed by atoms with Crippen molar-refractivity contribution in [3.63, 3.8) is 0 Å². The first-order valence-corrected chi connectivity index (χ1v) is 4.33. The van der Waals surface area contributed by atoms with Crippen LogP contribution in [0.5, 0.6) is 0 Å². The first-order valence-electron chi connectivity index (χ1n) is 3.24. The molecule has 1 atom stereocenters. The lowest BCUT2D eigenvalue weighted by atomic mass is 10.3. The number of hydrogen-bond acceptors (Lipinski definition) is 4. The molecule has 2 aromatic rings. The zero-order valence-electron chi connectivity index (χ0n) is 5.89. The van der Waals surface area contributed by atoms with Crippen molar-refractivity contribution in [2.75, 3.05) is 0 Å². The van der Waals surface area contributed by atoms with Gasteiger partial charge in [0.05, 0.1) is 0 Å². The Bertz CT molecular complexity index is 524. The van der Waals surface area contributed by atoms with Crippen LogP contribution in [0, 0.1) is 0 Å². The highest BCUT2D eigenvalue weighted by atomic mass is 31.1. The molecule has 0 aliphatic rings. The van der Waals surface area contributed by atoms with E-state index in [0.29, 0.717) is 11.0 Å². The summed E-state index contributed by atoms with van der Waals surface area (Å²) >= 11 is 0. The lowest BCUT2D eigenvalue weighted by Gasteiger charge is -1.83. The van der Waals surface area contributed by atoms with Gasteiger partial charge < -0.3 is 0 Å². The first-order chi connectivity index (χ1) is 5.77. The lowest BCUT2D eigenvalue weighted by molar-refractivity contribution is 0.482. The van der Waals surface area contributed by atoms with Crippen molar-refractivity contribution in [1.82, 2.24) is 0 Å². The smallest absolute Gasteiger partial charge is 0.240 e. The van der Waals surface area contributed by atoms with E-state index in [1.807, 2.05) is 0 Å². The molecule has 0 N–H and O–H groups in total. The molecule has 0 spiro atoms. The van der Waals surface area contributed by atoms with Gasteiger partial charge in [0.25, 0.3) is 0 Å². The number of fused-ring (bicyclic) bond motifs is 1. The normalized spacial score (nSPS) is 11.8. The highest BCUT2D eigenvalue weighted by Crippen LogP contribution is 2.17. The Labute approximate surface area is 67.4 Å². The first kappa shape index (κ1) is 7.25. The second-order valence-corrected chi connectivity index (χ2v) is 3.00. The Kier molecular flexibility index (Phi) is 1.55. The fraction of sp³-hybridized carbons (Fsp3) is 0. The van der Waals surface area contributed by atoms with Crippen LogP contribution in [0.1, 0.15) is 0 Å². The molecule has 0 bridgehead atoms. The highest BCUT2D eigenvalue weighted by molar-refractivity contribution is 7.22. The molecule has 1 aromatic carbocycles. The summed E-state index contributed by atoms with van der Waals surface area (Å²) in [5.41, 5.74) is -0.284. The minimum Gasteiger partial charge on any atom is -0.240 e. The fourth-order valence-electron chi connectivity index (χ4n) is 0.931. The third-order valence-corrected chi connectivity index (χ3v) is 2.10. The fourth-order valence-corrected chi connectivity index (χ4v) is 1.52. The van der Waals surface area contributed by atoms with Gasteiger partial charge in [-0.05, 0) is 12.1 Å². The molecule has 5 heteroatoms. The molecule has 0 aliphatic carbocycles. The molecule has 1 heterocycles. The van der Waals surface area contributed by atoms with E-state index < -0.39 is 13.5 Å². The predicted octanol–water partition coefficient (Wildman–Crippen LogP) is 2.13. The number of para-hydroxylation sites is 1. The van der Waals surface area contributed by atoms with E-state index in [9.17, 15) is 9.36 Å². The minimum atomic E-state index is -2.32. The second kappa shape index (κ2) is 2.57. The Hall–Kier alpha value is -1.41. The lowest BCUT2D eigenvalue weighted by Crippen LogP contribution is -1.95. The standard InChI is InChI=1S/C7H4O4P/c8-7-5-3-1-2-4-6(5)10-12(9)11-7/h1-4H/q+1. The maximum absolute atomic E-state index is 11.0. The van der Waals surface area contributed by atoms with E-state index in [1.54, 1.807) is 24.3 Å². The molecule has 0 saturated carbocycles. The van der Waals surface area contributed by atoms with Gasteiger partial charge in [-0.2, -0.15) is 4.20 Å². The molecule has 2 rings (SSSR count). The van der Waals surface area contributed by atoms with Crippen LogP contribution in [0.15, 0.2) is 37.5 Å². The van der Waals surface area contributed by atoms with Crippen LogP contribution >= 0.6 is 7.89 Å². The Morgan fingerprint density at radius 2 is 1.92 bits per heavy atom. The summed E-state index contributed by atoms with van der Waals surface area (Å²) in [7, 11) is -2.32. The topological polar surface area (TPSA) is 60.4 Å².